The van der Waals surface area contributed by atoms with Gasteiger partial charge in [-0.1, -0.05) is 6.92 Å². The van der Waals surface area contributed by atoms with Crippen LogP contribution < -0.4 is 15.8 Å². The second-order valence-electron chi connectivity index (χ2n) is 4.98. The van der Waals surface area contributed by atoms with Crippen LogP contribution >= 0.6 is 0 Å². The number of anilines is 1. The number of nitrogens with zero attached hydrogens (tertiary/aromatic N) is 2. The Morgan fingerprint density at radius 2 is 2.28 bits per heavy atom. The standard InChI is InChI=1S/C13H22N4O/c1-2-7-18-12-9-15-8-11(17-12)16-10-13(3-4-13)5-6-14/h8-9H,2-7,10,14H2,1H3,(H,16,17). The quantitative estimate of drug-likeness (QED) is 0.736. The molecule has 1 aromatic heterocycles. The number of hydrogen-bond donors (Lipinski definition) is 2. The van der Waals surface area contributed by atoms with Crippen molar-refractivity contribution in [3.8, 4) is 5.88 Å². The number of nitrogens with one attached hydrogen (secondary N) is 1. The molecule has 0 aromatic carbocycles. The third kappa shape index (κ3) is 3.57. The van der Waals surface area contributed by atoms with Crippen molar-refractivity contribution in [2.75, 3.05) is 25.0 Å². The van der Waals surface area contributed by atoms with E-state index in [4.69, 9.17) is 10.5 Å². The molecule has 1 saturated carbocycles. The molecule has 0 saturated heterocycles. The highest BCUT2D eigenvalue weighted by Crippen LogP contribution is 2.48. The summed E-state index contributed by atoms with van der Waals surface area (Å²) in [7, 11) is 0. The highest BCUT2D eigenvalue weighted by Gasteiger charge is 2.41. The van der Waals surface area contributed by atoms with Crippen molar-refractivity contribution in [1.29, 1.82) is 0 Å². The lowest BCUT2D eigenvalue weighted by Crippen LogP contribution is -2.19. The van der Waals surface area contributed by atoms with Crippen molar-refractivity contribution < 1.29 is 4.74 Å². The lowest BCUT2D eigenvalue weighted by atomic mass is 10.0. The molecule has 5 heteroatoms. The molecule has 18 heavy (non-hydrogen) atoms. The third-order valence-corrected chi connectivity index (χ3v) is 3.34. The fraction of sp³-hybridized carbons (Fsp3) is 0.692. The summed E-state index contributed by atoms with van der Waals surface area (Å²) in [5.74, 6) is 1.37. The molecule has 0 spiro atoms. The molecule has 3 N–H and O–H groups in total. The van der Waals surface area contributed by atoms with E-state index in [0.29, 0.717) is 17.9 Å². The van der Waals surface area contributed by atoms with Crippen LogP contribution in [0.2, 0.25) is 0 Å². The van der Waals surface area contributed by atoms with Crippen LogP contribution in [0, 0.1) is 5.41 Å². The molecular formula is C13H22N4O. The zero-order chi connectivity index (χ0) is 12.8. The molecule has 0 amide bonds. The minimum Gasteiger partial charge on any atom is -0.477 e. The summed E-state index contributed by atoms with van der Waals surface area (Å²) in [6, 6.07) is 0. The van der Waals surface area contributed by atoms with Crippen molar-refractivity contribution in [3.63, 3.8) is 0 Å². The van der Waals surface area contributed by atoms with Gasteiger partial charge in [0.2, 0.25) is 5.88 Å². The number of ether oxygens (including phenoxy) is 1. The molecule has 1 aromatic rings. The van der Waals surface area contributed by atoms with E-state index in [1.165, 1.54) is 12.8 Å². The predicted molar refractivity (Wildman–Crippen MR) is 71.6 cm³/mol. The maximum Gasteiger partial charge on any atom is 0.234 e. The summed E-state index contributed by atoms with van der Waals surface area (Å²) in [5.41, 5.74) is 6.03. The molecule has 0 aliphatic heterocycles. The Labute approximate surface area is 108 Å². The van der Waals surface area contributed by atoms with Gasteiger partial charge in [-0.15, -0.1) is 0 Å². The Hall–Kier alpha value is -1.36. The highest BCUT2D eigenvalue weighted by molar-refractivity contribution is 5.34. The molecular weight excluding hydrogens is 228 g/mol. The van der Waals surface area contributed by atoms with Gasteiger partial charge in [0.1, 0.15) is 5.82 Å². The average molecular weight is 250 g/mol. The van der Waals surface area contributed by atoms with Crippen LogP contribution in [0.1, 0.15) is 32.6 Å². The molecule has 2 rings (SSSR count). The van der Waals surface area contributed by atoms with Crippen molar-refractivity contribution in [1.82, 2.24) is 9.97 Å². The van der Waals surface area contributed by atoms with Gasteiger partial charge in [-0.3, -0.25) is 4.98 Å². The summed E-state index contributed by atoms with van der Waals surface area (Å²) in [6.07, 6.45) is 7.96. The highest BCUT2D eigenvalue weighted by atomic mass is 16.5. The van der Waals surface area contributed by atoms with Crippen LogP contribution in [-0.4, -0.2) is 29.7 Å². The molecule has 0 bridgehead atoms. The minimum atomic E-state index is 0.400. The first-order valence-corrected chi connectivity index (χ1v) is 6.67. The van der Waals surface area contributed by atoms with Crippen LogP contribution in [0.3, 0.4) is 0 Å². The maximum atomic E-state index is 5.63. The average Bonchev–Trinajstić information content (AvgIpc) is 3.15. The van der Waals surface area contributed by atoms with E-state index in [2.05, 4.69) is 22.2 Å². The summed E-state index contributed by atoms with van der Waals surface area (Å²) in [6.45, 7) is 4.43. The van der Waals surface area contributed by atoms with Gasteiger partial charge >= 0.3 is 0 Å². The zero-order valence-electron chi connectivity index (χ0n) is 11.0. The van der Waals surface area contributed by atoms with E-state index in [-0.39, 0.29) is 0 Å². The molecule has 0 unspecified atom stereocenters. The molecule has 1 fully saturated rings. The predicted octanol–water partition coefficient (Wildman–Crippen LogP) is 1.81. The Kier molecular flexibility index (Phi) is 4.36. The Balaban J connectivity index is 1.85. The summed E-state index contributed by atoms with van der Waals surface area (Å²) < 4.78 is 5.46. The van der Waals surface area contributed by atoms with Crippen molar-refractivity contribution in [2.45, 2.75) is 32.6 Å². The van der Waals surface area contributed by atoms with Gasteiger partial charge in [0.25, 0.3) is 0 Å². The van der Waals surface area contributed by atoms with Gasteiger partial charge in [-0.2, -0.15) is 4.98 Å². The number of aromatic nitrogens is 2. The Morgan fingerprint density at radius 1 is 1.44 bits per heavy atom. The van der Waals surface area contributed by atoms with E-state index >= 15 is 0 Å². The molecule has 0 radical (unpaired) electrons. The SMILES string of the molecule is CCCOc1cncc(NCC2(CCN)CC2)n1. The number of hydrogen-bond acceptors (Lipinski definition) is 5. The number of rotatable bonds is 8. The molecule has 0 atom stereocenters. The van der Waals surface area contributed by atoms with E-state index < -0.39 is 0 Å². The largest absolute Gasteiger partial charge is 0.477 e. The first-order valence-electron chi connectivity index (χ1n) is 6.67. The second kappa shape index (κ2) is 6.00. The van der Waals surface area contributed by atoms with Gasteiger partial charge in [0.15, 0.2) is 0 Å². The van der Waals surface area contributed by atoms with Crippen molar-refractivity contribution >= 4 is 5.82 Å². The van der Waals surface area contributed by atoms with Crippen LogP contribution in [0.25, 0.3) is 0 Å². The van der Waals surface area contributed by atoms with Crippen LogP contribution in [0.15, 0.2) is 12.4 Å². The maximum absolute atomic E-state index is 5.63. The van der Waals surface area contributed by atoms with Gasteiger partial charge in [0, 0.05) is 6.54 Å². The topological polar surface area (TPSA) is 73.1 Å². The van der Waals surface area contributed by atoms with Crippen molar-refractivity contribution in [2.24, 2.45) is 11.1 Å². The first kappa shape index (κ1) is 13.1. The summed E-state index contributed by atoms with van der Waals surface area (Å²) in [4.78, 5) is 8.50. The number of nitrogens with two attached hydrogens (primary N) is 1. The Morgan fingerprint density at radius 3 is 2.94 bits per heavy atom. The van der Waals surface area contributed by atoms with E-state index in [1.54, 1.807) is 12.4 Å². The normalized spacial score (nSPS) is 16.3. The van der Waals surface area contributed by atoms with Crippen molar-refractivity contribution in [3.05, 3.63) is 12.4 Å². The lowest BCUT2D eigenvalue weighted by molar-refractivity contribution is 0.304. The first-order chi connectivity index (χ1) is 8.78. The van der Waals surface area contributed by atoms with Gasteiger partial charge < -0.3 is 15.8 Å². The van der Waals surface area contributed by atoms with Gasteiger partial charge in [0.05, 0.1) is 19.0 Å². The lowest BCUT2D eigenvalue weighted by Gasteiger charge is -2.15. The fourth-order valence-corrected chi connectivity index (χ4v) is 1.99. The molecule has 5 nitrogen and oxygen atoms in total. The summed E-state index contributed by atoms with van der Waals surface area (Å²) >= 11 is 0. The van der Waals surface area contributed by atoms with Gasteiger partial charge in [-0.25, -0.2) is 0 Å². The van der Waals surface area contributed by atoms with Gasteiger partial charge in [-0.05, 0) is 37.6 Å². The minimum absolute atomic E-state index is 0.400. The second-order valence-corrected chi connectivity index (χ2v) is 4.98. The molecule has 100 valence electrons. The zero-order valence-corrected chi connectivity index (χ0v) is 11.0. The Bertz CT molecular complexity index is 379. The van der Waals surface area contributed by atoms with Crippen LogP contribution in [-0.2, 0) is 0 Å². The molecule has 1 heterocycles. The molecule has 1 aliphatic carbocycles. The van der Waals surface area contributed by atoms with E-state index in [1.807, 2.05) is 0 Å². The summed E-state index contributed by atoms with van der Waals surface area (Å²) in [5, 5.41) is 3.34. The van der Waals surface area contributed by atoms with Crippen LogP contribution in [0.5, 0.6) is 5.88 Å². The fourth-order valence-electron chi connectivity index (χ4n) is 1.99. The smallest absolute Gasteiger partial charge is 0.234 e. The monoisotopic (exact) mass is 250 g/mol. The van der Waals surface area contributed by atoms with Crippen LogP contribution in [0.4, 0.5) is 5.82 Å². The van der Waals surface area contributed by atoms with E-state index in [9.17, 15) is 0 Å². The molecule has 1 aliphatic rings. The third-order valence-electron chi connectivity index (χ3n) is 3.34. The van der Waals surface area contributed by atoms with E-state index in [0.717, 1.165) is 31.7 Å².